The first kappa shape index (κ1) is 14.4. The predicted octanol–water partition coefficient (Wildman–Crippen LogP) is 2.07. The average molecular weight is 214 g/mol. The molecule has 0 aliphatic heterocycles. The first-order chi connectivity index (χ1) is 7.11. The Bertz CT molecular complexity index is 171. The van der Waals surface area contributed by atoms with E-state index in [-0.39, 0.29) is 11.9 Å². The van der Waals surface area contributed by atoms with Gasteiger partial charge in [0.2, 0.25) is 5.91 Å². The highest BCUT2D eigenvalue weighted by atomic mass is 16.2. The smallest absolute Gasteiger partial charge is 0.237 e. The third-order valence-electron chi connectivity index (χ3n) is 2.71. The van der Waals surface area contributed by atoms with Crippen molar-refractivity contribution in [2.75, 3.05) is 7.05 Å². The Kier molecular flexibility index (Phi) is 8.38. The van der Waals surface area contributed by atoms with Crippen LogP contribution in [-0.2, 0) is 4.79 Å². The Morgan fingerprint density at radius 3 is 2.40 bits per heavy atom. The molecule has 0 aromatic heterocycles. The molecule has 2 atom stereocenters. The molecule has 3 nitrogen and oxygen atoms in total. The summed E-state index contributed by atoms with van der Waals surface area (Å²) in [6.45, 7) is 6.16. The van der Waals surface area contributed by atoms with Gasteiger partial charge >= 0.3 is 0 Å². The first-order valence-corrected chi connectivity index (χ1v) is 6.09. The fraction of sp³-hybridized carbons (Fsp3) is 0.917. The van der Waals surface area contributed by atoms with Gasteiger partial charge in [-0.3, -0.25) is 4.79 Å². The van der Waals surface area contributed by atoms with E-state index in [1.807, 2.05) is 6.92 Å². The Labute approximate surface area is 94.0 Å². The van der Waals surface area contributed by atoms with Gasteiger partial charge in [0.05, 0.1) is 6.04 Å². The topological polar surface area (TPSA) is 41.1 Å². The van der Waals surface area contributed by atoms with E-state index in [0.717, 1.165) is 6.42 Å². The normalized spacial score (nSPS) is 14.7. The zero-order chi connectivity index (χ0) is 11.7. The Hall–Kier alpha value is -0.570. The van der Waals surface area contributed by atoms with Crippen LogP contribution in [0.15, 0.2) is 0 Å². The molecule has 2 unspecified atom stereocenters. The van der Waals surface area contributed by atoms with E-state index in [1.165, 1.54) is 25.7 Å². The predicted molar refractivity (Wildman–Crippen MR) is 64.9 cm³/mol. The second-order valence-electron chi connectivity index (χ2n) is 4.27. The Morgan fingerprint density at radius 2 is 1.87 bits per heavy atom. The van der Waals surface area contributed by atoms with E-state index in [9.17, 15) is 4.79 Å². The molecule has 1 amide bonds. The van der Waals surface area contributed by atoms with Gasteiger partial charge in [-0.15, -0.1) is 0 Å². The minimum Gasteiger partial charge on any atom is -0.352 e. The minimum atomic E-state index is -0.0944. The summed E-state index contributed by atoms with van der Waals surface area (Å²) in [7, 11) is 1.80. The van der Waals surface area contributed by atoms with Crippen molar-refractivity contribution in [2.45, 2.75) is 65.0 Å². The van der Waals surface area contributed by atoms with Gasteiger partial charge in [0.15, 0.2) is 0 Å². The van der Waals surface area contributed by atoms with Crippen LogP contribution >= 0.6 is 0 Å². The van der Waals surface area contributed by atoms with Gasteiger partial charge < -0.3 is 10.6 Å². The van der Waals surface area contributed by atoms with E-state index in [0.29, 0.717) is 6.04 Å². The van der Waals surface area contributed by atoms with Crippen LogP contribution < -0.4 is 10.6 Å². The molecule has 0 bridgehead atoms. The summed E-state index contributed by atoms with van der Waals surface area (Å²) in [5.41, 5.74) is 0. The van der Waals surface area contributed by atoms with Gasteiger partial charge in [0.25, 0.3) is 0 Å². The molecule has 0 aromatic carbocycles. The number of rotatable bonds is 8. The van der Waals surface area contributed by atoms with Gasteiger partial charge in [-0.05, 0) is 27.3 Å². The molecule has 0 aromatic rings. The molecule has 15 heavy (non-hydrogen) atoms. The molecular formula is C12H26N2O. The van der Waals surface area contributed by atoms with Crippen molar-refractivity contribution in [1.29, 1.82) is 0 Å². The largest absolute Gasteiger partial charge is 0.352 e. The van der Waals surface area contributed by atoms with Crippen molar-refractivity contribution in [2.24, 2.45) is 0 Å². The number of carbonyl (C=O) groups is 1. The van der Waals surface area contributed by atoms with Crippen LogP contribution in [0.5, 0.6) is 0 Å². The molecule has 2 N–H and O–H groups in total. The number of hydrogen-bond donors (Lipinski definition) is 2. The van der Waals surface area contributed by atoms with Crippen LogP contribution in [0.1, 0.15) is 52.9 Å². The summed E-state index contributed by atoms with van der Waals surface area (Å²) < 4.78 is 0. The van der Waals surface area contributed by atoms with Crippen molar-refractivity contribution >= 4 is 5.91 Å². The molecule has 3 heteroatoms. The number of amides is 1. The standard InChI is InChI=1S/C12H26N2O/c1-5-6-7-8-9-10(2)14-12(15)11(3)13-4/h10-11,13H,5-9H2,1-4H3,(H,14,15). The molecule has 0 saturated heterocycles. The fourth-order valence-corrected chi connectivity index (χ4v) is 1.45. The van der Waals surface area contributed by atoms with Crippen molar-refractivity contribution in [1.82, 2.24) is 10.6 Å². The van der Waals surface area contributed by atoms with Crippen molar-refractivity contribution in [3.63, 3.8) is 0 Å². The SMILES string of the molecule is CCCCCCC(C)NC(=O)C(C)NC. The molecule has 0 aliphatic carbocycles. The Morgan fingerprint density at radius 1 is 1.20 bits per heavy atom. The zero-order valence-electron chi connectivity index (χ0n) is 10.6. The van der Waals surface area contributed by atoms with Gasteiger partial charge in [-0.1, -0.05) is 32.6 Å². The lowest BCUT2D eigenvalue weighted by Crippen LogP contribution is -2.44. The molecule has 0 fully saturated rings. The van der Waals surface area contributed by atoms with Crippen molar-refractivity contribution in [3.8, 4) is 0 Å². The van der Waals surface area contributed by atoms with Crippen molar-refractivity contribution < 1.29 is 4.79 Å². The maximum atomic E-state index is 11.5. The summed E-state index contributed by atoms with van der Waals surface area (Å²) in [4.78, 5) is 11.5. The van der Waals surface area contributed by atoms with Crippen molar-refractivity contribution in [3.05, 3.63) is 0 Å². The van der Waals surface area contributed by atoms with Crippen LogP contribution in [0.3, 0.4) is 0 Å². The van der Waals surface area contributed by atoms with Crippen LogP contribution in [0, 0.1) is 0 Å². The average Bonchev–Trinajstić information content (AvgIpc) is 2.23. The van der Waals surface area contributed by atoms with Crippen LogP contribution in [0.25, 0.3) is 0 Å². The molecule has 0 heterocycles. The van der Waals surface area contributed by atoms with Crippen LogP contribution in [0.4, 0.5) is 0 Å². The number of unbranched alkanes of at least 4 members (excludes halogenated alkanes) is 3. The third-order valence-corrected chi connectivity index (χ3v) is 2.71. The summed E-state index contributed by atoms with van der Waals surface area (Å²) >= 11 is 0. The van der Waals surface area contributed by atoms with Crippen LogP contribution in [-0.4, -0.2) is 25.0 Å². The Balaban J connectivity index is 3.55. The quantitative estimate of drug-likeness (QED) is 0.607. The van der Waals surface area contributed by atoms with Gasteiger partial charge in [0, 0.05) is 6.04 Å². The summed E-state index contributed by atoms with van der Waals surface area (Å²) in [5.74, 6) is 0.0977. The highest BCUT2D eigenvalue weighted by Gasteiger charge is 2.12. The summed E-state index contributed by atoms with van der Waals surface area (Å²) in [6.07, 6.45) is 6.13. The summed E-state index contributed by atoms with van der Waals surface area (Å²) in [6, 6.07) is 0.202. The van der Waals surface area contributed by atoms with E-state index < -0.39 is 0 Å². The number of nitrogens with one attached hydrogen (secondary N) is 2. The fourth-order valence-electron chi connectivity index (χ4n) is 1.45. The molecule has 0 saturated carbocycles. The molecule has 0 rings (SSSR count). The lowest BCUT2D eigenvalue weighted by atomic mass is 10.1. The molecular weight excluding hydrogens is 188 g/mol. The van der Waals surface area contributed by atoms with Gasteiger partial charge in [-0.25, -0.2) is 0 Å². The minimum absolute atomic E-state index is 0.0944. The lowest BCUT2D eigenvalue weighted by Gasteiger charge is -2.17. The molecule has 0 aliphatic rings. The zero-order valence-corrected chi connectivity index (χ0v) is 10.6. The van der Waals surface area contributed by atoms with Crippen LogP contribution in [0.2, 0.25) is 0 Å². The second kappa shape index (κ2) is 8.72. The van der Waals surface area contributed by atoms with E-state index in [2.05, 4.69) is 24.5 Å². The second-order valence-corrected chi connectivity index (χ2v) is 4.27. The lowest BCUT2D eigenvalue weighted by molar-refractivity contribution is -0.123. The highest BCUT2D eigenvalue weighted by molar-refractivity contribution is 5.81. The van der Waals surface area contributed by atoms with E-state index >= 15 is 0 Å². The number of hydrogen-bond acceptors (Lipinski definition) is 2. The maximum absolute atomic E-state index is 11.5. The number of likely N-dealkylation sites (N-methyl/N-ethyl adjacent to an activating group) is 1. The first-order valence-electron chi connectivity index (χ1n) is 6.09. The molecule has 0 radical (unpaired) electrons. The number of carbonyl (C=O) groups excluding carboxylic acids is 1. The van der Waals surface area contributed by atoms with E-state index in [1.54, 1.807) is 7.05 Å². The monoisotopic (exact) mass is 214 g/mol. The van der Waals surface area contributed by atoms with Gasteiger partial charge in [-0.2, -0.15) is 0 Å². The summed E-state index contributed by atoms with van der Waals surface area (Å²) in [5, 5.41) is 5.94. The molecule has 90 valence electrons. The molecule has 0 spiro atoms. The van der Waals surface area contributed by atoms with Gasteiger partial charge in [0.1, 0.15) is 0 Å². The third kappa shape index (κ3) is 7.37. The maximum Gasteiger partial charge on any atom is 0.237 e. The van der Waals surface area contributed by atoms with E-state index in [4.69, 9.17) is 0 Å². The highest BCUT2D eigenvalue weighted by Crippen LogP contribution is 2.05.